The second kappa shape index (κ2) is 7.93. The number of aromatic nitrogens is 2. The van der Waals surface area contributed by atoms with E-state index in [0.717, 1.165) is 43.4 Å². The lowest BCUT2D eigenvalue weighted by Crippen LogP contribution is -3.13. The zero-order valence-corrected chi connectivity index (χ0v) is 17.6. The number of fused-ring (bicyclic) bond motifs is 1. The van der Waals surface area contributed by atoms with E-state index in [4.69, 9.17) is 4.98 Å². The fourth-order valence-electron chi connectivity index (χ4n) is 3.77. The molecule has 28 heavy (non-hydrogen) atoms. The summed E-state index contributed by atoms with van der Waals surface area (Å²) in [5.74, 6) is 0. The van der Waals surface area contributed by atoms with E-state index < -0.39 is 0 Å². The highest BCUT2D eigenvalue weighted by atomic mass is 32.1. The Morgan fingerprint density at radius 3 is 2.64 bits per heavy atom. The maximum Gasteiger partial charge on any atom is 0.318 e. The molecule has 1 saturated heterocycles. The molecule has 0 radical (unpaired) electrons. The monoisotopic (exact) mass is 398 g/mol. The number of piperazine rings is 1. The SMILES string of the molecule is Cc1cn2c(C[NH+]3CCN(C(=O)NC(C)C)CC3)c(-c3ccccc3)nc2s1. The first-order valence-corrected chi connectivity index (χ1v) is 10.7. The van der Waals surface area contributed by atoms with Gasteiger partial charge in [-0.25, -0.2) is 9.78 Å². The quantitative estimate of drug-likeness (QED) is 0.708. The third kappa shape index (κ3) is 3.91. The van der Waals surface area contributed by atoms with Crippen LogP contribution in [0.2, 0.25) is 0 Å². The average molecular weight is 399 g/mol. The number of carbonyl (C=O) groups excluding carboxylic acids is 1. The predicted octanol–water partition coefficient (Wildman–Crippen LogP) is 2.19. The minimum absolute atomic E-state index is 0.0548. The van der Waals surface area contributed by atoms with E-state index in [-0.39, 0.29) is 12.1 Å². The Labute approximate surface area is 169 Å². The van der Waals surface area contributed by atoms with Gasteiger partial charge in [-0.05, 0) is 20.8 Å². The van der Waals surface area contributed by atoms with Crippen LogP contribution < -0.4 is 10.2 Å². The molecule has 1 aliphatic heterocycles. The molecule has 6 nitrogen and oxygen atoms in total. The van der Waals surface area contributed by atoms with Crippen LogP contribution in [0.3, 0.4) is 0 Å². The van der Waals surface area contributed by atoms with E-state index in [0.29, 0.717) is 0 Å². The first-order valence-electron chi connectivity index (χ1n) is 9.93. The summed E-state index contributed by atoms with van der Waals surface area (Å²) >= 11 is 1.74. The van der Waals surface area contributed by atoms with Gasteiger partial charge in [-0.15, -0.1) is 11.3 Å². The Hall–Kier alpha value is -2.38. The van der Waals surface area contributed by atoms with Crippen LogP contribution >= 0.6 is 11.3 Å². The predicted molar refractivity (Wildman–Crippen MR) is 113 cm³/mol. The molecule has 148 valence electrons. The number of imidazole rings is 1. The van der Waals surface area contributed by atoms with Crippen molar-refractivity contribution >= 4 is 22.3 Å². The van der Waals surface area contributed by atoms with Gasteiger partial charge in [0.1, 0.15) is 12.2 Å². The molecule has 1 fully saturated rings. The molecule has 0 saturated carbocycles. The molecule has 0 bridgehead atoms. The average Bonchev–Trinajstić information content (AvgIpc) is 3.19. The third-order valence-electron chi connectivity index (χ3n) is 5.18. The largest absolute Gasteiger partial charge is 0.336 e. The number of aryl methyl sites for hydroxylation is 1. The summed E-state index contributed by atoms with van der Waals surface area (Å²) in [6.45, 7) is 10.5. The first kappa shape index (κ1) is 19.0. The molecule has 3 heterocycles. The van der Waals surface area contributed by atoms with Gasteiger partial charge in [0.25, 0.3) is 0 Å². The second-order valence-electron chi connectivity index (χ2n) is 7.79. The van der Waals surface area contributed by atoms with Crippen LogP contribution in [0.5, 0.6) is 0 Å². The maximum absolute atomic E-state index is 12.2. The van der Waals surface area contributed by atoms with Crippen LogP contribution in [-0.2, 0) is 6.54 Å². The van der Waals surface area contributed by atoms with Gasteiger partial charge >= 0.3 is 6.03 Å². The summed E-state index contributed by atoms with van der Waals surface area (Å²) in [4.78, 5) is 22.9. The lowest BCUT2D eigenvalue weighted by molar-refractivity contribution is -0.917. The van der Waals surface area contributed by atoms with Crippen LogP contribution in [0.25, 0.3) is 16.2 Å². The summed E-state index contributed by atoms with van der Waals surface area (Å²) in [5.41, 5.74) is 3.51. The number of amides is 2. The topological polar surface area (TPSA) is 54.1 Å². The van der Waals surface area contributed by atoms with Gasteiger partial charge in [-0.2, -0.15) is 0 Å². The van der Waals surface area contributed by atoms with Crippen LogP contribution in [0.15, 0.2) is 36.5 Å². The van der Waals surface area contributed by atoms with Crippen LogP contribution in [0.1, 0.15) is 24.4 Å². The molecule has 1 aliphatic rings. The van der Waals surface area contributed by atoms with Crippen molar-refractivity contribution in [1.82, 2.24) is 19.6 Å². The number of urea groups is 1. The van der Waals surface area contributed by atoms with E-state index in [1.165, 1.54) is 21.0 Å². The molecule has 3 aromatic rings. The zero-order chi connectivity index (χ0) is 19.7. The van der Waals surface area contributed by atoms with Gasteiger partial charge in [0, 0.05) is 22.7 Å². The number of rotatable bonds is 4. The Bertz CT molecular complexity index is 954. The van der Waals surface area contributed by atoms with Gasteiger partial charge in [0.15, 0.2) is 4.96 Å². The molecule has 0 unspecified atom stereocenters. The normalized spacial score (nSPS) is 15.5. The van der Waals surface area contributed by atoms with Crippen molar-refractivity contribution in [2.75, 3.05) is 26.2 Å². The number of carbonyl (C=O) groups is 1. The second-order valence-corrected chi connectivity index (χ2v) is 9.00. The molecule has 0 aliphatic carbocycles. The van der Waals surface area contributed by atoms with E-state index in [1.807, 2.05) is 24.8 Å². The number of thiazole rings is 1. The number of nitrogens with one attached hydrogen (secondary N) is 2. The van der Waals surface area contributed by atoms with E-state index in [1.54, 1.807) is 11.3 Å². The van der Waals surface area contributed by atoms with Gasteiger partial charge in [-0.3, -0.25) is 4.40 Å². The van der Waals surface area contributed by atoms with Crippen molar-refractivity contribution in [2.24, 2.45) is 0 Å². The highest BCUT2D eigenvalue weighted by Gasteiger charge is 2.26. The molecule has 2 N–H and O–H groups in total. The van der Waals surface area contributed by atoms with E-state index >= 15 is 0 Å². The van der Waals surface area contributed by atoms with E-state index in [2.05, 4.69) is 47.1 Å². The van der Waals surface area contributed by atoms with Gasteiger partial charge < -0.3 is 15.1 Å². The summed E-state index contributed by atoms with van der Waals surface area (Å²) in [6.07, 6.45) is 2.19. The highest BCUT2D eigenvalue weighted by molar-refractivity contribution is 7.17. The van der Waals surface area contributed by atoms with Crippen LogP contribution in [-0.4, -0.2) is 52.5 Å². The third-order valence-corrected chi connectivity index (χ3v) is 6.07. The Morgan fingerprint density at radius 2 is 1.96 bits per heavy atom. The standard InChI is InChI=1S/C21H27N5OS/c1-15(2)22-20(27)25-11-9-24(10-12-25)14-18-19(17-7-5-4-6-8-17)23-21-26(18)13-16(3)28-21/h4-8,13,15H,9-12,14H2,1-3H3,(H,22,27)/p+1. The lowest BCUT2D eigenvalue weighted by Gasteiger charge is -2.32. The number of hydrogen-bond acceptors (Lipinski definition) is 3. The molecule has 2 amide bonds. The van der Waals surface area contributed by atoms with Gasteiger partial charge in [-0.1, -0.05) is 30.3 Å². The van der Waals surface area contributed by atoms with Crippen molar-refractivity contribution in [2.45, 2.75) is 33.4 Å². The number of nitrogens with zero attached hydrogens (tertiary/aromatic N) is 3. The van der Waals surface area contributed by atoms with Gasteiger partial charge in [0.2, 0.25) is 0 Å². The number of benzene rings is 1. The Kier molecular flexibility index (Phi) is 5.37. The molecule has 1 aromatic carbocycles. The molecule has 2 aromatic heterocycles. The minimum Gasteiger partial charge on any atom is -0.336 e. The van der Waals surface area contributed by atoms with Crippen molar-refractivity contribution < 1.29 is 9.69 Å². The fraction of sp³-hybridized carbons (Fsp3) is 0.429. The fourth-order valence-corrected chi connectivity index (χ4v) is 4.62. The Morgan fingerprint density at radius 1 is 1.25 bits per heavy atom. The summed E-state index contributed by atoms with van der Waals surface area (Å²) in [5, 5.41) is 3.00. The van der Waals surface area contributed by atoms with Crippen molar-refractivity contribution in [3.05, 3.63) is 47.1 Å². The van der Waals surface area contributed by atoms with Crippen molar-refractivity contribution in [1.29, 1.82) is 0 Å². The van der Waals surface area contributed by atoms with Crippen molar-refractivity contribution in [3.8, 4) is 11.3 Å². The van der Waals surface area contributed by atoms with Crippen LogP contribution in [0.4, 0.5) is 4.79 Å². The smallest absolute Gasteiger partial charge is 0.318 e. The number of hydrogen-bond donors (Lipinski definition) is 2. The summed E-state index contributed by atoms with van der Waals surface area (Å²) < 4.78 is 2.26. The van der Waals surface area contributed by atoms with Gasteiger partial charge in [0.05, 0.1) is 31.9 Å². The number of quaternary nitrogens is 1. The molecule has 7 heteroatoms. The summed E-state index contributed by atoms with van der Waals surface area (Å²) in [6, 6.07) is 10.7. The van der Waals surface area contributed by atoms with Crippen molar-refractivity contribution in [3.63, 3.8) is 0 Å². The maximum atomic E-state index is 12.2. The molecule has 0 atom stereocenters. The highest BCUT2D eigenvalue weighted by Crippen LogP contribution is 2.27. The minimum atomic E-state index is 0.0548. The van der Waals surface area contributed by atoms with E-state index in [9.17, 15) is 4.79 Å². The molecular formula is C21H28N5OS+. The zero-order valence-electron chi connectivity index (χ0n) is 16.7. The Balaban J connectivity index is 1.53. The first-order chi connectivity index (χ1) is 13.5. The molecular weight excluding hydrogens is 370 g/mol. The summed E-state index contributed by atoms with van der Waals surface area (Å²) in [7, 11) is 0. The molecule has 4 rings (SSSR count). The van der Waals surface area contributed by atoms with Crippen LogP contribution in [0, 0.1) is 6.92 Å². The lowest BCUT2D eigenvalue weighted by atomic mass is 10.1. The molecule has 0 spiro atoms.